The van der Waals surface area contributed by atoms with Crippen molar-refractivity contribution < 1.29 is 49.4 Å². The Kier molecular flexibility index (Phi) is 8.27. The first-order valence-corrected chi connectivity index (χ1v) is 24.9. The number of rotatable bonds is 10. The molecule has 4 aliphatic rings. The van der Waals surface area contributed by atoms with Crippen LogP contribution in [0.4, 0.5) is 0 Å². The monoisotopic (exact) mass is 660 g/mol. The fourth-order valence-electron chi connectivity index (χ4n) is 3.36. The van der Waals surface area contributed by atoms with Crippen LogP contribution in [-0.2, 0) is 49.4 Å². The van der Waals surface area contributed by atoms with E-state index in [1.807, 2.05) is 0 Å². The average Bonchev–Trinajstić information content (AvgIpc) is 2.87. The quantitative estimate of drug-likeness (QED) is 0.314. The Hall–Kier alpha value is -0.608. The van der Waals surface area contributed by atoms with Gasteiger partial charge in [0.05, 0.1) is 0 Å². The van der Waals surface area contributed by atoms with E-state index in [1.165, 1.54) is 45.6 Å². The van der Waals surface area contributed by atoms with Crippen molar-refractivity contribution in [2.24, 2.45) is 0 Å². The topological polar surface area (TPSA) is 111 Å². The minimum Gasteiger partial charge on any atom is -0.409 e. The molecule has 4 radical (unpaired) electrons. The molecule has 21 heteroatoms. The minimum atomic E-state index is -4.15. The first-order chi connectivity index (χ1) is 17.6. The lowest BCUT2D eigenvalue weighted by Gasteiger charge is -2.55. The molecule has 4 saturated heterocycles. The summed E-state index contributed by atoms with van der Waals surface area (Å²) in [4.78, 5) is 0. The third-order valence-electron chi connectivity index (χ3n) is 4.96. The van der Waals surface area contributed by atoms with Crippen molar-refractivity contribution in [1.29, 1.82) is 0 Å². The van der Waals surface area contributed by atoms with Crippen molar-refractivity contribution >= 4 is 81.4 Å². The van der Waals surface area contributed by atoms with Gasteiger partial charge in [-0.2, -0.15) is 0 Å². The van der Waals surface area contributed by atoms with Gasteiger partial charge in [0.2, 0.25) is 0 Å². The summed E-state index contributed by atoms with van der Waals surface area (Å²) in [5.41, 5.74) is 11.1. The van der Waals surface area contributed by atoms with Crippen LogP contribution in [0.3, 0.4) is 0 Å². The van der Waals surface area contributed by atoms with Gasteiger partial charge in [-0.3, -0.25) is 0 Å². The maximum absolute atomic E-state index is 6.57. The summed E-state index contributed by atoms with van der Waals surface area (Å²) >= 11 is 0. The fourth-order valence-corrected chi connectivity index (χ4v) is 38.5. The van der Waals surface area contributed by atoms with Crippen molar-refractivity contribution in [2.75, 3.05) is 0 Å². The van der Waals surface area contributed by atoms with Gasteiger partial charge in [-0.1, -0.05) is 5.70 Å². The Morgan fingerprint density at radius 3 is 1.08 bits per heavy atom. The highest BCUT2D eigenvalue weighted by atomic mass is 28.6. The van der Waals surface area contributed by atoms with Crippen LogP contribution in [0.1, 0.15) is 0 Å². The third-order valence-corrected chi connectivity index (χ3v) is 33.7. The number of hydrogen-bond acceptors (Lipinski definition) is 12. The van der Waals surface area contributed by atoms with E-state index in [0.29, 0.717) is 0 Å². The van der Waals surface area contributed by atoms with E-state index >= 15 is 0 Å². The van der Waals surface area contributed by atoms with Crippen LogP contribution in [-0.4, -0.2) is 81.4 Å². The molecule has 0 spiro atoms. The molecule has 4 rings (SSSR count). The van der Waals surface area contributed by atoms with E-state index in [2.05, 4.69) is 52.6 Å². The lowest BCUT2D eigenvalue weighted by Crippen LogP contribution is -2.82. The molecular formula is C16H24O12Si9. The molecule has 0 N–H and O–H groups in total. The van der Waals surface area contributed by atoms with Crippen molar-refractivity contribution in [2.45, 2.75) is 0 Å². The Morgan fingerprint density at radius 1 is 0.459 bits per heavy atom. The van der Waals surface area contributed by atoms with Crippen LogP contribution in [0.15, 0.2) is 98.2 Å². The van der Waals surface area contributed by atoms with E-state index in [4.69, 9.17) is 49.4 Å². The average molecular weight is 661 g/mol. The molecule has 4 atom stereocenters. The normalized spacial score (nSPS) is 46.9. The first-order valence-electron chi connectivity index (χ1n) is 10.5. The molecule has 37 heavy (non-hydrogen) atoms. The highest BCUT2D eigenvalue weighted by Gasteiger charge is 2.76. The molecule has 0 aromatic heterocycles. The van der Waals surface area contributed by atoms with Crippen molar-refractivity contribution in [1.82, 2.24) is 0 Å². The van der Waals surface area contributed by atoms with Crippen molar-refractivity contribution in [3.8, 4) is 0 Å². The lowest BCUT2D eigenvalue weighted by molar-refractivity contribution is 0.0283. The van der Waals surface area contributed by atoms with Gasteiger partial charge in [0.25, 0.3) is 9.76 Å². The molecule has 0 amide bonds. The van der Waals surface area contributed by atoms with E-state index < -0.39 is 71.6 Å². The Morgan fingerprint density at radius 2 is 0.784 bits per heavy atom. The Labute approximate surface area is 228 Å². The molecule has 6 bridgehead atoms. The predicted octanol–water partition coefficient (Wildman–Crippen LogP) is 1.19. The summed E-state index contributed by atoms with van der Waals surface area (Å²) in [7, 11) is -29.4. The van der Waals surface area contributed by atoms with E-state index in [9.17, 15) is 0 Å². The summed E-state index contributed by atoms with van der Waals surface area (Å²) in [6, 6.07) is 0. The Bertz CT molecular complexity index is 995. The second-order valence-electron chi connectivity index (χ2n) is 7.28. The molecule has 196 valence electrons. The van der Waals surface area contributed by atoms with E-state index in [1.54, 1.807) is 0 Å². The van der Waals surface area contributed by atoms with Gasteiger partial charge in [-0.05, 0) is 39.9 Å². The second kappa shape index (κ2) is 10.4. The molecule has 12 nitrogen and oxygen atoms in total. The maximum Gasteiger partial charge on any atom is 0.507 e. The summed E-state index contributed by atoms with van der Waals surface area (Å²) < 4.78 is 76.9. The van der Waals surface area contributed by atoms with Crippen LogP contribution >= 0.6 is 0 Å². The van der Waals surface area contributed by atoms with Gasteiger partial charge >= 0.3 is 71.6 Å². The van der Waals surface area contributed by atoms with Crippen LogP contribution in [0, 0.1) is 0 Å². The largest absolute Gasteiger partial charge is 0.507 e. The highest BCUT2D eigenvalue weighted by Crippen LogP contribution is 2.44. The van der Waals surface area contributed by atoms with Gasteiger partial charge in [0.15, 0.2) is 0 Å². The standard InChI is InChI=1S/C16H24O12Si9/c1-9-29-17-31(10-2)20-34(13-5)22-32(11-3)18-30-19-33(12-4)23-35(14-6,21-31)27-37(16-8,26-34)28-36(15-7,24-32)25-33/h9-16H,1-8H2. The van der Waals surface area contributed by atoms with Gasteiger partial charge in [0.1, 0.15) is 0 Å². The second-order valence-corrected chi connectivity index (χ2v) is 29.2. The van der Waals surface area contributed by atoms with E-state index in [0.717, 1.165) is 0 Å². The molecule has 4 heterocycles. The summed E-state index contributed by atoms with van der Waals surface area (Å²) in [5.74, 6) is 0. The molecule has 0 saturated carbocycles. The number of fused-ring (bicyclic) bond motifs is 4. The molecule has 4 fully saturated rings. The van der Waals surface area contributed by atoms with Crippen LogP contribution in [0.5, 0.6) is 0 Å². The maximum atomic E-state index is 6.57. The zero-order valence-corrected chi connectivity index (χ0v) is 28.7. The summed E-state index contributed by atoms with van der Waals surface area (Å²) in [5, 5.41) is 0. The lowest BCUT2D eigenvalue weighted by atomic mass is 11.3. The van der Waals surface area contributed by atoms with Gasteiger partial charge in [-0.15, -0.1) is 52.6 Å². The van der Waals surface area contributed by atoms with Crippen molar-refractivity contribution in [3.63, 3.8) is 0 Å². The summed E-state index contributed by atoms with van der Waals surface area (Å²) in [6.07, 6.45) is 0. The Balaban J connectivity index is 2.08. The van der Waals surface area contributed by atoms with Crippen LogP contribution in [0.2, 0.25) is 0 Å². The zero-order valence-electron chi connectivity index (χ0n) is 19.7. The number of hydrogen-bond donors (Lipinski definition) is 0. The van der Waals surface area contributed by atoms with E-state index in [-0.39, 0.29) is 9.76 Å². The van der Waals surface area contributed by atoms with Gasteiger partial charge in [0, 0.05) is 0 Å². The SMILES string of the molecule is C=C[Si]O[Si]1(C=C)O[Si]2(C=C)O[Si]3(C=C)O[Si]O[Si]4(C=C)O[Si](C=C)(O1)O[Si](C=C)(O2)O[Si](C=C)(O3)O4. The molecule has 4 unspecified atom stereocenters. The molecule has 4 aliphatic heterocycles. The molecule has 0 aromatic carbocycles. The van der Waals surface area contributed by atoms with Crippen LogP contribution in [0.25, 0.3) is 0 Å². The highest BCUT2D eigenvalue weighted by molar-refractivity contribution is 7.04. The first kappa shape index (κ1) is 29.4. The van der Waals surface area contributed by atoms with Crippen molar-refractivity contribution in [3.05, 3.63) is 98.2 Å². The van der Waals surface area contributed by atoms with Crippen LogP contribution < -0.4 is 0 Å². The fraction of sp³-hybridized carbons (Fsp3) is 0. The molecule has 0 aromatic rings. The smallest absolute Gasteiger partial charge is 0.409 e. The third kappa shape index (κ3) is 5.17. The van der Waals surface area contributed by atoms with Gasteiger partial charge in [-0.25, -0.2) is 0 Å². The molecular weight excluding hydrogens is 637 g/mol. The predicted molar refractivity (Wildman–Crippen MR) is 146 cm³/mol. The molecule has 0 aliphatic carbocycles. The van der Waals surface area contributed by atoms with Gasteiger partial charge < -0.3 is 49.4 Å². The summed E-state index contributed by atoms with van der Waals surface area (Å²) in [6.45, 7) is 31.0. The zero-order chi connectivity index (χ0) is 27.1. The minimum absolute atomic E-state index is 0.260.